The number of Topliss-reactive ketones (excluding diaryl/α,β-unsaturated/α-hetero) is 2. The van der Waals surface area contributed by atoms with Gasteiger partial charge >= 0.3 is 6.09 Å². The van der Waals surface area contributed by atoms with E-state index in [4.69, 9.17) is 4.74 Å². The van der Waals surface area contributed by atoms with Crippen molar-refractivity contribution in [3.8, 4) is 0 Å². The van der Waals surface area contributed by atoms with Crippen molar-refractivity contribution < 1.29 is 28.3 Å². The third-order valence-corrected chi connectivity index (χ3v) is 4.16. The molecule has 28 heavy (non-hydrogen) atoms. The summed E-state index contributed by atoms with van der Waals surface area (Å²) in [4.78, 5) is 51.4. The van der Waals surface area contributed by atoms with Crippen molar-refractivity contribution >= 4 is 23.6 Å². The molecule has 0 aromatic heterocycles. The molecule has 0 spiro atoms. The molecule has 0 radical (unpaired) electrons. The highest BCUT2D eigenvalue weighted by molar-refractivity contribution is 6.12. The molecule has 0 N–H and O–H groups in total. The molecule has 1 heterocycles. The van der Waals surface area contributed by atoms with Crippen molar-refractivity contribution in [2.24, 2.45) is 0 Å². The Hall–Kier alpha value is -2.77. The van der Waals surface area contributed by atoms with Crippen LogP contribution in [0.15, 0.2) is 24.3 Å². The van der Waals surface area contributed by atoms with Crippen molar-refractivity contribution in [1.82, 2.24) is 9.80 Å². The monoisotopic (exact) mass is 392 g/mol. The molecule has 7 nitrogen and oxygen atoms in total. The molecular weight excluding hydrogens is 367 g/mol. The van der Waals surface area contributed by atoms with E-state index in [0.717, 1.165) is 12.1 Å². The molecule has 1 aliphatic rings. The zero-order chi connectivity index (χ0) is 20.9. The number of piperazine rings is 1. The summed E-state index contributed by atoms with van der Waals surface area (Å²) in [6.45, 7) is 6.60. The smallest absolute Gasteiger partial charge is 0.410 e. The zero-order valence-electron chi connectivity index (χ0n) is 16.4. The lowest BCUT2D eigenvalue weighted by molar-refractivity contribution is -0.136. The van der Waals surface area contributed by atoms with Crippen LogP contribution in [-0.2, 0) is 14.3 Å². The second-order valence-corrected chi connectivity index (χ2v) is 7.67. The molecule has 1 aromatic rings. The predicted octanol–water partition coefficient (Wildman–Crippen LogP) is 2.44. The molecule has 1 aromatic carbocycles. The third-order valence-electron chi connectivity index (χ3n) is 4.16. The summed E-state index contributed by atoms with van der Waals surface area (Å²) in [5.74, 6) is -1.79. The fraction of sp³-hybridized carbons (Fsp3) is 0.500. The molecule has 0 unspecified atom stereocenters. The average Bonchev–Trinajstić information content (AvgIpc) is 2.60. The lowest BCUT2D eigenvalue weighted by Gasteiger charge is -2.35. The molecule has 0 aliphatic carbocycles. The first-order chi connectivity index (χ1) is 13.0. The number of carbonyl (C=O) groups is 4. The van der Waals surface area contributed by atoms with E-state index in [1.165, 1.54) is 21.9 Å². The van der Waals surface area contributed by atoms with Gasteiger partial charge in [0.25, 0.3) is 0 Å². The molecule has 2 rings (SSSR count). The maximum absolute atomic E-state index is 12.9. The van der Waals surface area contributed by atoms with Gasteiger partial charge < -0.3 is 14.5 Å². The van der Waals surface area contributed by atoms with Crippen molar-refractivity contribution in [3.63, 3.8) is 0 Å². The summed E-state index contributed by atoms with van der Waals surface area (Å²) in [5, 5.41) is 0. The predicted molar refractivity (Wildman–Crippen MR) is 99.4 cm³/mol. The SMILES string of the molecule is CC(C)(C)OC(=O)N1CCN(C(=O)CC(=O)CC(=O)c2ccc(F)cc2)CC1. The minimum atomic E-state index is -0.590. The Kier molecular flexibility index (Phi) is 6.88. The number of ketones is 2. The van der Waals surface area contributed by atoms with Gasteiger partial charge in [0.1, 0.15) is 17.2 Å². The highest BCUT2D eigenvalue weighted by Crippen LogP contribution is 2.13. The number of halogens is 1. The Morgan fingerprint density at radius 3 is 2.00 bits per heavy atom. The molecule has 152 valence electrons. The van der Waals surface area contributed by atoms with Crippen LogP contribution in [0.25, 0.3) is 0 Å². The molecular formula is C20H25FN2O5. The van der Waals surface area contributed by atoms with Crippen molar-refractivity contribution in [2.45, 2.75) is 39.2 Å². The number of nitrogens with zero attached hydrogens (tertiary/aromatic N) is 2. The Morgan fingerprint density at radius 2 is 1.46 bits per heavy atom. The standard InChI is InChI=1S/C20H25FN2O5/c1-20(2,3)28-19(27)23-10-8-22(9-11-23)18(26)13-16(24)12-17(25)14-4-6-15(21)7-5-14/h4-7H,8-13H2,1-3H3. The molecule has 1 fully saturated rings. The maximum Gasteiger partial charge on any atom is 0.410 e. The van der Waals surface area contributed by atoms with Crippen LogP contribution in [0.4, 0.5) is 9.18 Å². The Balaban J connectivity index is 1.79. The van der Waals surface area contributed by atoms with Crippen molar-refractivity contribution in [1.29, 1.82) is 0 Å². The molecule has 2 amide bonds. The number of amides is 2. The van der Waals surface area contributed by atoms with Crippen LogP contribution >= 0.6 is 0 Å². The molecule has 8 heteroatoms. The lowest BCUT2D eigenvalue weighted by Crippen LogP contribution is -2.51. The summed E-state index contributed by atoms with van der Waals surface area (Å²) in [7, 11) is 0. The zero-order valence-corrected chi connectivity index (χ0v) is 16.4. The summed E-state index contributed by atoms with van der Waals surface area (Å²) < 4.78 is 18.2. The Morgan fingerprint density at radius 1 is 0.929 bits per heavy atom. The topological polar surface area (TPSA) is 84.0 Å². The van der Waals surface area contributed by atoms with E-state index in [9.17, 15) is 23.6 Å². The van der Waals surface area contributed by atoms with Gasteiger partial charge in [-0.05, 0) is 45.0 Å². The molecule has 0 saturated carbocycles. The first-order valence-corrected chi connectivity index (χ1v) is 9.11. The number of hydrogen-bond acceptors (Lipinski definition) is 5. The molecule has 0 bridgehead atoms. The van der Waals surface area contributed by atoms with E-state index >= 15 is 0 Å². The van der Waals surface area contributed by atoms with Crippen LogP contribution in [0.3, 0.4) is 0 Å². The minimum absolute atomic E-state index is 0.230. The van der Waals surface area contributed by atoms with Crippen molar-refractivity contribution in [3.05, 3.63) is 35.6 Å². The van der Waals surface area contributed by atoms with Crippen LogP contribution in [-0.4, -0.2) is 65.1 Å². The quantitative estimate of drug-likeness (QED) is 0.568. The van der Waals surface area contributed by atoms with Gasteiger partial charge in [-0.3, -0.25) is 14.4 Å². The van der Waals surface area contributed by atoms with Gasteiger partial charge in [0, 0.05) is 31.7 Å². The largest absolute Gasteiger partial charge is 0.444 e. The summed E-state index contributed by atoms with van der Waals surface area (Å²) in [6.07, 6.45) is -1.21. The van der Waals surface area contributed by atoms with E-state index in [2.05, 4.69) is 0 Å². The van der Waals surface area contributed by atoms with Crippen LogP contribution < -0.4 is 0 Å². The fourth-order valence-corrected chi connectivity index (χ4v) is 2.72. The fourth-order valence-electron chi connectivity index (χ4n) is 2.72. The molecule has 1 saturated heterocycles. The average molecular weight is 392 g/mol. The highest BCUT2D eigenvalue weighted by Gasteiger charge is 2.28. The van der Waals surface area contributed by atoms with Gasteiger partial charge in [-0.2, -0.15) is 0 Å². The minimum Gasteiger partial charge on any atom is -0.444 e. The van der Waals surface area contributed by atoms with E-state index in [-0.39, 0.29) is 17.9 Å². The van der Waals surface area contributed by atoms with E-state index in [1.807, 2.05) is 0 Å². The summed E-state index contributed by atoms with van der Waals surface area (Å²) in [6, 6.07) is 4.91. The van der Waals surface area contributed by atoms with Crippen LogP contribution in [0.2, 0.25) is 0 Å². The van der Waals surface area contributed by atoms with Gasteiger partial charge in [-0.1, -0.05) is 0 Å². The second-order valence-electron chi connectivity index (χ2n) is 7.67. The summed E-state index contributed by atoms with van der Waals surface area (Å²) in [5.41, 5.74) is -0.360. The first-order valence-electron chi connectivity index (χ1n) is 9.11. The van der Waals surface area contributed by atoms with Crippen LogP contribution in [0, 0.1) is 5.82 Å². The van der Waals surface area contributed by atoms with E-state index in [0.29, 0.717) is 26.2 Å². The number of benzene rings is 1. The molecule has 1 aliphatic heterocycles. The van der Waals surface area contributed by atoms with E-state index < -0.39 is 35.5 Å². The molecule has 0 atom stereocenters. The second kappa shape index (κ2) is 8.95. The first kappa shape index (κ1) is 21.5. The Labute approximate surface area is 163 Å². The summed E-state index contributed by atoms with van der Waals surface area (Å²) >= 11 is 0. The Bertz CT molecular complexity index is 747. The van der Waals surface area contributed by atoms with E-state index in [1.54, 1.807) is 20.8 Å². The maximum atomic E-state index is 12.9. The number of carbonyl (C=O) groups excluding carboxylic acids is 4. The van der Waals surface area contributed by atoms with Gasteiger partial charge in [0.15, 0.2) is 5.78 Å². The van der Waals surface area contributed by atoms with Gasteiger partial charge in [0.2, 0.25) is 5.91 Å². The highest BCUT2D eigenvalue weighted by atomic mass is 19.1. The third kappa shape index (κ3) is 6.44. The number of hydrogen-bond donors (Lipinski definition) is 0. The normalized spacial score (nSPS) is 14.6. The lowest BCUT2D eigenvalue weighted by atomic mass is 10.0. The number of rotatable bonds is 5. The van der Waals surface area contributed by atoms with Gasteiger partial charge in [-0.25, -0.2) is 9.18 Å². The number of ether oxygens (including phenoxy) is 1. The van der Waals surface area contributed by atoms with Gasteiger partial charge in [-0.15, -0.1) is 0 Å². The van der Waals surface area contributed by atoms with Crippen LogP contribution in [0.1, 0.15) is 44.0 Å². The van der Waals surface area contributed by atoms with Gasteiger partial charge in [0.05, 0.1) is 12.8 Å². The van der Waals surface area contributed by atoms with Crippen LogP contribution in [0.5, 0.6) is 0 Å². The van der Waals surface area contributed by atoms with Crippen molar-refractivity contribution in [2.75, 3.05) is 26.2 Å².